The van der Waals surface area contributed by atoms with Crippen LogP contribution in [0.3, 0.4) is 0 Å². The molecule has 0 aliphatic rings. The number of H-pyrrole nitrogens is 2. The average Bonchev–Trinajstić information content (AvgIpc) is 3.17. The van der Waals surface area contributed by atoms with Gasteiger partial charge in [-0.1, -0.05) is 18.2 Å². The molecule has 0 spiro atoms. The van der Waals surface area contributed by atoms with Gasteiger partial charge >= 0.3 is 0 Å². The fourth-order valence-electron chi connectivity index (χ4n) is 3.42. The molecule has 0 aliphatic carbocycles. The molecule has 0 atom stereocenters. The van der Waals surface area contributed by atoms with Crippen LogP contribution in [-0.2, 0) is 0 Å². The van der Waals surface area contributed by atoms with Crippen molar-refractivity contribution in [3.05, 3.63) is 93.3 Å². The molecule has 2 heterocycles. The molecule has 0 bridgehead atoms. The lowest BCUT2D eigenvalue weighted by Gasteiger charge is -2.06. The highest BCUT2D eigenvalue weighted by atomic mass is 16.6. The Hall–Kier alpha value is -4.26. The molecular formula is C22H14N4O3. The van der Waals surface area contributed by atoms with Crippen LogP contribution in [0.2, 0.25) is 0 Å². The van der Waals surface area contributed by atoms with Gasteiger partial charge in [-0.2, -0.15) is 0 Å². The number of rotatable bonds is 3. The summed E-state index contributed by atoms with van der Waals surface area (Å²) < 4.78 is 0. The maximum absolute atomic E-state index is 12.6. The largest absolute Gasteiger partial charge is 0.338 e. The molecular weight excluding hydrogens is 368 g/mol. The van der Waals surface area contributed by atoms with Crippen LogP contribution in [0.1, 0.15) is 0 Å². The van der Waals surface area contributed by atoms with Crippen LogP contribution in [0.15, 0.2) is 77.6 Å². The van der Waals surface area contributed by atoms with Crippen LogP contribution < -0.4 is 5.56 Å². The van der Waals surface area contributed by atoms with Gasteiger partial charge in [0.25, 0.3) is 11.2 Å². The average molecular weight is 382 g/mol. The molecule has 29 heavy (non-hydrogen) atoms. The summed E-state index contributed by atoms with van der Waals surface area (Å²) in [5.41, 5.74) is 4.40. The molecule has 5 aromatic rings. The van der Waals surface area contributed by atoms with Crippen molar-refractivity contribution in [2.45, 2.75) is 0 Å². The van der Waals surface area contributed by atoms with Gasteiger partial charge in [0, 0.05) is 17.6 Å². The third-order valence-electron chi connectivity index (χ3n) is 4.90. The van der Waals surface area contributed by atoms with Crippen LogP contribution >= 0.6 is 0 Å². The molecule has 0 saturated carbocycles. The third kappa shape index (κ3) is 2.94. The highest BCUT2D eigenvalue weighted by molar-refractivity contribution is 5.88. The zero-order valence-corrected chi connectivity index (χ0v) is 15.0. The zero-order chi connectivity index (χ0) is 20.0. The van der Waals surface area contributed by atoms with E-state index in [0.717, 1.165) is 27.5 Å². The molecule has 140 valence electrons. The first-order valence-corrected chi connectivity index (χ1v) is 8.95. The smallest absolute Gasteiger partial charge is 0.269 e. The summed E-state index contributed by atoms with van der Waals surface area (Å²) in [5, 5.41) is 11.7. The minimum absolute atomic E-state index is 0.0473. The molecule has 0 aliphatic heterocycles. The van der Waals surface area contributed by atoms with E-state index in [1.165, 1.54) is 12.1 Å². The van der Waals surface area contributed by atoms with E-state index in [0.29, 0.717) is 16.9 Å². The normalized spacial score (nSPS) is 11.2. The van der Waals surface area contributed by atoms with Gasteiger partial charge in [-0.25, -0.2) is 4.98 Å². The molecule has 5 rings (SSSR count). The summed E-state index contributed by atoms with van der Waals surface area (Å²) in [6.45, 7) is 0. The number of hydrogen-bond donors (Lipinski definition) is 2. The van der Waals surface area contributed by atoms with Crippen molar-refractivity contribution in [2.75, 3.05) is 0 Å². The minimum atomic E-state index is -0.422. The van der Waals surface area contributed by atoms with Gasteiger partial charge in [0.2, 0.25) is 0 Å². The number of fused-ring (bicyclic) bond motifs is 2. The van der Waals surface area contributed by atoms with E-state index in [9.17, 15) is 14.9 Å². The molecule has 0 saturated heterocycles. The Kier molecular flexibility index (Phi) is 3.74. The number of imidazole rings is 1. The van der Waals surface area contributed by atoms with Crippen LogP contribution in [0.25, 0.3) is 44.5 Å². The summed E-state index contributed by atoms with van der Waals surface area (Å²) >= 11 is 0. The number of nitro groups is 1. The maximum Gasteiger partial charge on any atom is 0.269 e. The second kappa shape index (κ2) is 6.42. The van der Waals surface area contributed by atoms with Crippen LogP contribution in [-0.4, -0.2) is 19.9 Å². The van der Waals surface area contributed by atoms with Gasteiger partial charge in [-0.15, -0.1) is 0 Å². The van der Waals surface area contributed by atoms with Gasteiger partial charge in [0.05, 0.1) is 21.5 Å². The predicted molar refractivity (Wildman–Crippen MR) is 112 cm³/mol. The lowest BCUT2D eigenvalue weighted by molar-refractivity contribution is -0.384. The quantitative estimate of drug-likeness (QED) is 0.350. The van der Waals surface area contributed by atoms with Crippen molar-refractivity contribution < 1.29 is 4.92 Å². The molecule has 7 heteroatoms. The molecule has 7 nitrogen and oxygen atoms in total. The topological polar surface area (TPSA) is 105 Å². The monoisotopic (exact) mass is 382 g/mol. The van der Waals surface area contributed by atoms with Gasteiger partial charge in [0.15, 0.2) is 0 Å². The van der Waals surface area contributed by atoms with E-state index in [1.807, 2.05) is 42.5 Å². The number of nitrogens with zero attached hydrogens (tertiary/aromatic N) is 2. The number of non-ortho nitro benzene ring substituents is 1. The van der Waals surface area contributed by atoms with Crippen molar-refractivity contribution in [1.29, 1.82) is 0 Å². The summed E-state index contributed by atoms with van der Waals surface area (Å²) in [6, 6.07) is 21.4. The highest BCUT2D eigenvalue weighted by Crippen LogP contribution is 2.27. The number of aromatic amines is 2. The molecule has 0 fully saturated rings. The number of nitro benzene ring substituents is 1. The van der Waals surface area contributed by atoms with Crippen LogP contribution in [0, 0.1) is 10.1 Å². The van der Waals surface area contributed by atoms with Crippen molar-refractivity contribution in [2.24, 2.45) is 0 Å². The van der Waals surface area contributed by atoms with Crippen LogP contribution in [0.5, 0.6) is 0 Å². The Balaban J connectivity index is 1.62. The van der Waals surface area contributed by atoms with Gasteiger partial charge in [-0.05, 0) is 59.0 Å². The van der Waals surface area contributed by atoms with E-state index >= 15 is 0 Å². The summed E-state index contributed by atoms with van der Waals surface area (Å²) in [6.07, 6.45) is 0. The van der Waals surface area contributed by atoms with E-state index in [1.54, 1.807) is 18.2 Å². The van der Waals surface area contributed by atoms with Crippen molar-refractivity contribution in [3.63, 3.8) is 0 Å². The number of para-hydroxylation sites is 2. The fourth-order valence-corrected chi connectivity index (χ4v) is 3.42. The lowest BCUT2D eigenvalue weighted by atomic mass is 10.0. The highest BCUT2D eigenvalue weighted by Gasteiger charge is 2.11. The standard InChI is InChI=1S/C22H14N4O3/c27-22-17(21-23-19-3-1-2-4-20(19)24-21)12-15-11-14(7-10-18(15)25-22)13-5-8-16(9-6-13)26(28)29/h1-12H,(H,23,24)(H,25,27). The second-order valence-corrected chi connectivity index (χ2v) is 6.72. The first-order valence-electron chi connectivity index (χ1n) is 8.95. The van der Waals surface area contributed by atoms with E-state index in [4.69, 9.17) is 0 Å². The Labute approximate surface area is 163 Å². The van der Waals surface area contributed by atoms with Gasteiger partial charge < -0.3 is 9.97 Å². The van der Waals surface area contributed by atoms with E-state index in [-0.39, 0.29) is 11.2 Å². The molecule has 2 aromatic heterocycles. The molecule has 2 N–H and O–H groups in total. The van der Waals surface area contributed by atoms with Crippen molar-refractivity contribution in [1.82, 2.24) is 15.0 Å². The molecule has 0 unspecified atom stereocenters. The van der Waals surface area contributed by atoms with E-state index < -0.39 is 4.92 Å². The molecule has 0 radical (unpaired) electrons. The summed E-state index contributed by atoms with van der Waals surface area (Å²) in [4.78, 5) is 33.6. The maximum atomic E-state index is 12.6. The summed E-state index contributed by atoms with van der Waals surface area (Å²) in [5.74, 6) is 0.509. The number of hydrogen-bond acceptors (Lipinski definition) is 4. The lowest BCUT2D eigenvalue weighted by Crippen LogP contribution is -2.09. The Bertz CT molecular complexity index is 1420. The number of pyridine rings is 1. The predicted octanol–water partition coefficient (Wildman–Crippen LogP) is 4.65. The van der Waals surface area contributed by atoms with Gasteiger partial charge in [0.1, 0.15) is 5.82 Å². The Morgan fingerprint density at radius 2 is 1.59 bits per heavy atom. The number of benzene rings is 3. The Morgan fingerprint density at radius 1 is 0.828 bits per heavy atom. The number of nitrogens with one attached hydrogen (secondary N) is 2. The minimum Gasteiger partial charge on any atom is -0.338 e. The summed E-state index contributed by atoms with van der Waals surface area (Å²) in [7, 11) is 0. The van der Waals surface area contributed by atoms with E-state index in [2.05, 4.69) is 15.0 Å². The SMILES string of the molecule is O=c1[nH]c2ccc(-c3ccc([N+](=O)[O-])cc3)cc2cc1-c1nc2ccccc2[nH]1. The molecule has 3 aromatic carbocycles. The zero-order valence-electron chi connectivity index (χ0n) is 15.0. The van der Waals surface area contributed by atoms with Crippen molar-refractivity contribution in [3.8, 4) is 22.5 Å². The first kappa shape index (κ1) is 16.9. The first-order chi connectivity index (χ1) is 14.1. The van der Waals surface area contributed by atoms with Crippen molar-refractivity contribution >= 4 is 27.6 Å². The second-order valence-electron chi connectivity index (χ2n) is 6.72. The fraction of sp³-hybridized carbons (Fsp3) is 0. The third-order valence-corrected chi connectivity index (χ3v) is 4.90. The van der Waals surface area contributed by atoms with Gasteiger partial charge in [-0.3, -0.25) is 14.9 Å². The van der Waals surface area contributed by atoms with Crippen LogP contribution in [0.4, 0.5) is 5.69 Å². The number of aromatic nitrogens is 3. The Morgan fingerprint density at radius 3 is 2.34 bits per heavy atom. The molecule has 0 amide bonds.